The first-order valence-corrected chi connectivity index (χ1v) is 5.26. The van der Waals surface area contributed by atoms with E-state index < -0.39 is 0 Å². The van der Waals surface area contributed by atoms with Gasteiger partial charge >= 0.3 is 0 Å². The molecule has 0 aliphatic heterocycles. The van der Waals surface area contributed by atoms with Crippen LogP contribution in [0.4, 0.5) is 0 Å². The van der Waals surface area contributed by atoms with E-state index in [1.54, 1.807) is 7.11 Å². The molecule has 0 aliphatic carbocycles. The Morgan fingerprint density at radius 3 is 2.80 bits per heavy atom. The second kappa shape index (κ2) is 8.64. The van der Waals surface area contributed by atoms with E-state index in [2.05, 4.69) is 5.32 Å². The molecule has 0 radical (unpaired) electrons. The summed E-state index contributed by atoms with van der Waals surface area (Å²) in [6.45, 7) is 4.34. The third-order valence-electron chi connectivity index (χ3n) is 2.01. The molecule has 0 saturated carbocycles. The van der Waals surface area contributed by atoms with Gasteiger partial charge in [-0.2, -0.15) is 0 Å². The number of nitrogens with zero attached hydrogens (tertiary/aromatic N) is 1. The first kappa shape index (κ1) is 14.3. The summed E-state index contributed by atoms with van der Waals surface area (Å²) in [6.07, 6.45) is 0.905. The predicted molar refractivity (Wildman–Crippen MR) is 60.6 cm³/mol. The highest BCUT2D eigenvalue weighted by Gasteiger charge is 2.06. The molecule has 1 amide bonds. The van der Waals surface area contributed by atoms with Crippen LogP contribution in [0.15, 0.2) is 0 Å². The van der Waals surface area contributed by atoms with Crippen LogP contribution in [0.25, 0.3) is 0 Å². The van der Waals surface area contributed by atoms with E-state index in [0.29, 0.717) is 19.7 Å². The standard InChI is InChI=1S/C10H23N3O2/c1-9(11)4-6-13(2)8-10(14)12-5-7-15-3/h9H,4-8,11H2,1-3H3,(H,12,14). The highest BCUT2D eigenvalue weighted by molar-refractivity contribution is 5.77. The number of methoxy groups -OCH3 is 1. The maximum atomic E-state index is 11.3. The van der Waals surface area contributed by atoms with Crippen LogP contribution in [0, 0.1) is 0 Å². The number of ether oxygens (including phenoxy) is 1. The molecule has 0 bridgehead atoms. The van der Waals surface area contributed by atoms with Crippen LogP contribution >= 0.6 is 0 Å². The van der Waals surface area contributed by atoms with Crippen molar-refractivity contribution in [3.8, 4) is 0 Å². The van der Waals surface area contributed by atoms with Gasteiger partial charge in [-0.3, -0.25) is 9.69 Å². The fraction of sp³-hybridized carbons (Fsp3) is 0.900. The lowest BCUT2D eigenvalue weighted by Gasteiger charge is -2.17. The molecule has 3 N–H and O–H groups in total. The smallest absolute Gasteiger partial charge is 0.234 e. The first-order chi connectivity index (χ1) is 7.06. The van der Waals surface area contributed by atoms with Crippen LogP contribution in [-0.2, 0) is 9.53 Å². The van der Waals surface area contributed by atoms with Gasteiger partial charge in [-0.05, 0) is 26.9 Å². The molecule has 0 fully saturated rings. The Morgan fingerprint density at radius 2 is 2.27 bits per heavy atom. The van der Waals surface area contributed by atoms with Gasteiger partial charge in [0.05, 0.1) is 13.2 Å². The van der Waals surface area contributed by atoms with Crippen LogP contribution in [0.5, 0.6) is 0 Å². The SMILES string of the molecule is COCCNC(=O)CN(C)CCC(C)N. The largest absolute Gasteiger partial charge is 0.383 e. The lowest BCUT2D eigenvalue weighted by Crippen LogP contribution is -2.38. The van der Waals surface area contributed by atoms with Crippen molar-refractivity contribution in [2.24, 2.45) is 5.73 Å². The number of hydrogen-bond acceptors (Lipinski definition) is 4. The third-order valence-corrected chi connectivity index (χ3v) is 2.01. The van der Waals surface area contributed by atoms with E-state index in [1.165, 1.54) is 0 Å². The van der Waals surface area contributed by atoms with Gasteiger partial charge in [0.1, 0.15) is 0 Å². The van der Waals surface area contributed by atoms with Gasteiger partial charge in [0.25, 0.3) is 0 Å². The zero-order chi connectivity index (χ0) is 11.7. The third kappa shape index (κ3) is 9.65. The Morgan fingerprint density at radius 1 is 1.60 bits per heavy atom. The first-order valence-electron chi connectivity index (χ1n) is 5.26. The average Bonchev–Trinajstić information content (AvgIpc) is 2.15. The van der Waals surface area contributed by atoms with Crippen LogP contribution in [0.1, 0.15) is 13.3 Å². The summed E-state index contributed by atoms with van der Waals surface area (Å²) < 4.78 is 4.83. The molecule has 0 aliphatic rings. The van der Waals surface area contributed by atoms with Crippen LogP contribution in [0.3, 0.4) is 0 Å². The lowest BCUT2D eigenvalue weighted by atomic mass is 10.2. The van der Waals surface area contributed by atoms with E-state index >= 15 is 0 Å². The molecule has 0 rings (SSSR count). The molecule has 0 aromatic heterocycles. The number of rotatable bonds is 8. The number of amides is 1. The lowest BCUT2D eigenvalue weighted by molar-refractivity contribution is -0.122. The summed E-state index contributed by atoms with van der Waals surface area (Å²) in [5.74, 6) is 0.0271. The van der Waals surface area contributed by atoms with E-state index in [-0.39, 0.29) is 11.9 Å². The van der Waals surface area contributed by atoms with Gasteiger partial charge in [0.2, 0.25) is 5.91 Å². The number of hydrogen-bond donors (Lipinski definition) is 2. The van der Waals surface area contributed by atoms with E-state index in [0.717, 1.165) is 13.0 Å². The minimum Gasteiger partial charge on any atom is -0.383 e. The molecule has 5 heteroatoms. The number of carbonyl (C=O) groups is 1. The van der Waals surface area contributed by atoms with Gasteiger partial charge < -0.3 is 15.8 Å². The summed E-state index contributed by atoms with van der Waals surface area (Å²) in [6, 6.07) is 0.184. The number of nitrogens with two attached hydrogens (primary N) is 1. The van der Waals surface area contributed by atoms with Gasteiger partial charge in [0, 0.05) is 19.7 Å². The highest BCUT2D eigenvalue weighted by atomic mass is 16.5. The summed E-state index contributed by atoms with van der Waals surface area (Å²) in [4.78, 5) is 13.3. The fourth-order valence-electron chi connectivity index (χ4n) is 1.10. The summed E-state index contributed by atoms with van der Waals surface area (Å²) in [5, 5.41) is 2.77. The normalized spacial score (nSPS) is 12.9. The Hall–Kier alpha value is -0.650. The summed E-state index contributed by atoms with van der Waals surface area (Å²) >= 11 is 0. The molecule has 1 unspecified atom stereocenters. The van der Waals surface area contributed by atoms with Crippen molar-refractivity contribution in [2.75, 3.05) is 40.4 Å². The van der Waals surface area contributed by atoms with Gasteiger partial charge in [-0.15, -0.1) is 0 Å². The van der Waals surface area contributed by atoms with Crippen molar-refractivity contribution >= 4 is 5.91 Å². The maximum Gasteiger partial charge on any atom is 0.234 e. The maximum absolute atomic E-state index is 11.3. The van der Waals surface area contributed by atoms with Crippen molar-refractivity contribution in [2.45, 2.75) is 19.4 Å². The number of likely N-dealkylation sites (N-methyl/N-ethyl adjacent to an activating group) is 1. The second-order valence-electron chi connectivity index (χ2n) is 3.85. The van der Waals surface area contributed by atoms with Crippen LogP contribution < -0.4 is 11.1 Å². The van der Waals surface area contributed by atoms with Crippen molar-refractivity contribution in [3.63, 3.8) is 0 Å². The molecule has 0 aromatic rings. The summed E-state index contributed by atoms with van der Waals surface area (Å²) in [7, 11) is 3.53. The molecule has 0 heterocycles. The van der Waals surface area contributed by atoms with E-state index in [1.807, 2.05) is 18.9 Å². The molecule has 90 valence electrons. The summed E-state index contributed by atoms with van der Waals surface area (Å²) in [5.41, 5.74) is 5.63. The monoisotopic (exact) mass is 217 g/mol. The quantitative estimate of drug-likeness (QED) is 0.534. The van der Waals surface area contributed by atoms with Crippen molar-refractivity contribution in [3.05, 3.63) is 0 Å². The van der Waals surface area contributed by atoms with E-state index in [4.69, 9.17) is 10.5 Å². The zero-order valence-corrected chi connectivity index (χ0v) is 9.95. The predicted octanol–water partition coefficient (Wildman–Crippen LogP) is -0.582. The fourth-order valence-corrected chi connectivity index (χ4v) is 1.10. The molecule has 1 atom stereocenters. The molecule has 15 heavy (non-hydrogen) atoms. The molecule has 0 spiro atoms. The van der Waals surface area contributed by atoms with Crippen LogP contribution in [-0.4, -0.2) is 57.2 Å². The van der Waals surface area contributed by atoms with Gasteiger partial charge in [-0.1, -0.05) is 0 Å². The zero-order valence-electron chi connectivity index (χ0n) is 9.95. The minimum absolute atomic E-state index is 0.0271. The Bertz CT molecular complexity index is 174. The second-order valence-corrected chi connectivity index (χ2v) is 3.85. The van der Waals surface area contributed by atoms with Crippen molar-refractivity contribution in [1.29, 1.82) is 0 Å². The van der Waals surface area contributed by atoms with Gasteiger partial charge in [-0.25, -0.2) is 0 Å². The Balaban J connectivity index is 3.49. The Labute approximate surface area is 91.9 Å². The molecule has 0 aromatic carbocycles. The molecule has 0 saturated heterocycles. The average molecular weight is 217 g/mol. The van der Waals surface area contributed by atoms with Gasteiger partial charge in [0.15, 0.2) is 0 Å². The molecule has 5 nitrogen and oxygen atoms in total. The van der Waals surface area contributed by atoms with Crippen molar-refractivity contribution in [1.82, 2.24) is 10.2 Å². The topological polar surface area (TPSA) is 67.6 Å². The van der Waals surface area contributed by atoms with E-state index in [9.17, 15) is 4.79 Å². The number of carbonyl (C=O) groups excluding carboxylic acids is 1. The number of nitrogens with one attached hydrogen (secondary N) is 1. The van der Waals surface area contributed by atoms with Crippen LogP contribution in [0.2, 0.25) is 0 Å². The molecular formula is C10H23N3O2. The van der Waals surface area contributed by atoms with Crippen molar-refractivity contribution < 1.29 is 9.53 Å². The minimum atomic E-state index is 0.0271. The Kier molecular flexibility index (Phi) is 8.27. The highest BCUT2D eigenvalue weighted by Crippen LogP contribution is 1.90. The molecular weight excluding hydrogens is 194 g/mol.